The van der Waals surface area contributed by atoms with Gasteiger partial charge in [0.15, 0.2) is 5.82 Å². The molecule has 12 rings (SSSR count). The van der Waals surface area contributed by atoms with Crippen molar-refractivity contribution < 1.29 is 0 Å². The first kappa shape index (κ1) is 34.7. The van der Waals surface area contributed by atoms with Crippen LogP contribution in [0.15, 0.2) is 228 Å². The zero-order valence-corrected chi connectivity index (χ0v) is 33.4. The molecule has 0 amide bonds. The Morgan fingerprint density at radius 3 is 1.50 bits per heavy atom. The van der Waals surface area contributed by atoms with Gasteiger partial charge in [-0.3, -0.25) is 0 Å². The second kappa shape index (κ2) is 13.9. The van der Waals surface area contributed by atoms with Crippen LogP contribution in [-0.2, 0) is 5.41 Å². The first-order valence-corrected chi connectivity index (χ1v) is 21.3. The van der Waals surface area contributed by atoms with Gasteiger partial charge in [-0.25, -0.2) is 9.97 Å². The van der Waals surface area contributed by atoms with Gasteiger partial charge in [-0.1, -0.05) is 218 Å². The molecule has 10 aromatic rings. The Kier molecular flexibility index (Phi) is 8.04. The lowest BCUT2D eigenvalue weighted by molar-refractivity contribution is 0.723. The topological polar surface area (TPSA) is 25.8 Å². The van der Waals surface area contributed by atoms with Gasteiger partial charge >= 0.3 is 0 Å². The minimum Gasteiger partial charge on any atom is -0.228 e. The van der Waals surface area contributed by atoms with Crippen LogP contribution >= 0.6 is 11.8 Å². The zero-order chi connectivity index (χ0) is 39.6. The van der Waals surface area contributed by atoms with Gasteiger partial charge in [-0.15, -0.1) is 0 Å². The highest BCUT2D eigenvalue weighted by Gasteiger charge is 2.50. The number of rotatable bonds is 5. The minimum atomic E-state index is -0.454. The van der Waals surface area contributed by atoms with Gasteiger partial charge in [0.2, 0.25) is 0 Å². The number of fused-ring (bicyclic) bond motifs is 10. The van der Waals surface area contributed by atoms with E-state index in [1.807, 2.05) is 17.8 Å². The van der Waals surface area contributed by atoms with Crippen molar-refractivity contribution in [3.63, 3.8) is 0 Å². The van der Waals surface area contributed by atoms with Crippen LogP contribution in [0.25, 0.3) is 78.1 Å². The molecular weight excluding hydrogens is 745 g/mol. The summed E-state index contributed by atoms with van der Waals surface area (Å²) in [5, 5.41) is 2.35. The van der Waals surface area contributed by atoms with Crippen LogP contribution in [0.2, 0.25) is 0 Å². The average molecular weight is 781 g/mol. The number of hydrogen-bond donors (Lipinski definition) is 0. The Morgan fingerprint density at radius 1 is 0.317 bits per heavy atom. The minimum absolute atomic E-state index is 0.454. The molecule has 0 N–H and O–H groups in total. The highest BCUT2D eigenvalue weighted by atomic mass is 32.2. The third kappa shape index (κ3) is 5.23. The van der Waals surface area contributed by atoms with Crippen molar-refractivity contribution in [3.8, 4) is 67.3 Å². The SMILES string of the molecule is c1ccc(-c2nc(-c3ccccc3-c3cccc4c3Sc3ccccc3C43c4ccccc4-c4ccccc43)cc(-c3ccc(-c4ccccc4)c4ccccc34)n2)cc1. The van der Waals surface area contributed by atoms with Gasteiger partial charge < -0.3 is 0 Å². The van der Waals surface area contributed by atoms with Crippen molar-refractivity contribution in [3.05, 3.63) is 241 Å². The summed E-state index contributed by atoms with van der Waals surface area (Å²) in [7, 11) is 0. The van der Waals surface area contributed by atoms with Crippen LogP contribution < -0.4 is 0 Å². The lowest BCUT2D eigenvalue weighted by Crippen LogP contribution is -2.32. The van der Waals surface area contributed by atoms with E-state index in [9.17, 15) is 0 Å². The van der Waals surface area contributed by atoms with Crippen molar-refractivity contribution in [2.75, 3.05) is 0 Å². The van der Waals surface area contributed by atoms with E-state index in [-0.39, 0.29) is 0 Å². The lowest BCUT2D eigenvalue weighted by atomic mass is 9.67. The molecule has 0 atom stereocenters. The van der Waals surface area contributed by atoms with E-state index >= 15 is 0 Å². The molecule has 1 spiro atoms. The molecule has 3 heteroatoms. The Balaban J connectivity index is 1.09. The third-order valence-electron chi connectivity index (χ3n) is 12.4. The van der Waals surface area contributed by atoms with E-state index in [4.69, 9.17) is 9.97 Å². The summed E-state index contributed by atoms with van der Waals surface area (Å²) in [6, 6.07) is 79.1. The molecule has 2 heterocycles. The molecule has 0 saturated carbocycles. The predicted octanol–water partition coefficient (Wildman–Crippen LogP) is 14.8. The molecule has 9 aromatic carbocycles. The Bertz CT molecular complexity index is 3250. The summed E-state index contributed by atoms with van der Waals surface area (Å²) in [4.78, 5) is 13.3. The maximum absolute atomic E-state index is 5.39. The van der Waals surface area contributed by atoms with Gasteiger partial charge in [-0.05, 0) is 78.5 Å². The summed E-state index contributed by atoms with van der Waals surface area (Å²) in [6.45, 7) is 0. The normalized spacial score (nSPS) is 13.1. The third-order valence-corrected chi connectivity index (χ3v) is 13.6. The van der Waals surface area contributed by atoms with Crippen LogP contribution in [0.4, 0.5) is 0 Å². The summed E-state index contributed by atoms with van der Waals surface area (Å²) in [5.41, 5.74) is 17.1. The Morgan fingerprint density at radius 2 is 0.800 bits per heavy atom. The molecular formula is C57H36N2S. The molecule has 0 bridgehead atoms. The van der Waals surface area contributed by atoms with Crippen molar-refractivity contribution in [2.45, 2.75) is 15.2 Å². The van der Waals surface area contributed by atoms with Crippen molar-refractivity contribution in [1.82, 2.24) is 9.97 Å². The summed E-state index contributed by atoms with van der Waals surface area (Å²) in [5.74, 6) is 0.700. The number of hydrogen-bond acceptors (Lipinski definition) is 3. The predicted molar refractivity (Wildman–Crippen MR) is 248 cm³/mol. The monoisotopic (exact) mass is 780 g/mol. The molecule has 1 aromatic heterocycles. The second-order valence-corrected chi connectivity index (χ2v) is 16.6. The maximum atomic E-state index is 5.39. The van der Waals surface area contributed by atoms with Gasteiger partial charge in [0, 0.05) is 26.5 Å². The van der Waals surface area contributed by atoms with Crippen LogP contribution in [0.3, 0.4) is 0 Å². The quantitative estimate of drug-likeness (QED) is 0.174. The number of nitrogens with zero attached hydrogens (tertiary/aromatic N) is 2. The van der Waals surface area contributed by atoms with Crippen LogP contribution in [0, 0.1) is 0 Å². The fourth-order valence-electron chi connectivity index (χ4n) is 9.86. The van der Waals surface area contributed by atoms with Crippen molar-refractivity contribution in [1.29, 1.82) is 0 Å². The number of aromatic nitrogens is 2. The molecule has 60 heavy (non-hydrogen) atoms. The van der Waals surface area contributed by atoms with Gasteiger partial charge in [-0.2, -0.15) is 0 Å². The highest BCUT2D eigenvalue weighted by Crippen LogP contribution is 2.63. The first-order valence-electron chi connectivity index (χ1n) is 20.5. The molecule has 2 nitrogen and oxygen atoms in total. The molecule has 0 radical (unpaired) electrons. The molecule has 280 valence electrons. The van der Waals surface area contributed by atoms with Crippen LogP contribution in [-0.4, -0.2) is 9.97 Å². The van der Waals surface area contributed by atoms with E-state index in [0.717, 1.165) is 39.0 Å². The molecule has 1 aliphatic heterocycles. The second-order valence-electron chi connectivity index (χ2n) is 15.6. The molecule has 1 aliphatic carbocycles. The van der Waals surface area contributed by atoms with Crippen molar-refractivity contribution >= 4 is 22.5 Å². The standard InChI is InChI=1S/C57H36N2S/c1-3-18-37(19-4-1)39-34-35-46(41-23-8-7-22-40(39)41)53-36-52(58-56(59-53)38-20-5-2-6-21-38)45-27-10-9-24-42(45)47-28-17-32-51-55(47)60-54-33-16-15-31-50(54)57(51)48-29-13-11-25-43(48)44-26-12-14-30-49(44)57/h1-36H. The lowest BCUT2D eigenvalue weighted by Gasteiger charge is -2.40. The van der Waals surface area contributed by atoms with E-state index in [1.54, 1.807) is 0 Å². The molecule has 0 fully saturated rings. The fourth-order valence-corrected chi connectivity index (χ4v) is 11.2. The zero-order valence-electron chi connectivity index (χ0n) is 32.6. The molecule has 0 saturated heterocycles. The van der Waals surface area contributed by atoms with Crippen molar-refractivity contribution in [2.24, 2.45) is 0 Å². The van der Waals surface area contributed by atoms with E-state index in [1.165, 1.54) is 65.2 Å². The Hall–Kier alpha value is -7.33. The summed E-state index contributed by atoms with van der Waals surface area (Å²) in [6.07, 6.45) is 0. The summed E-state index contributed by atoms with van der Waals surface area (Å²) >= 11 is 1.89. The first-order chi connectivity index (χ1) is 29.8. The fraction of sp³-hybridized carbons (Fsp3) is 0.0175. The van der Waals surface area contributed by atoms with Gasteiger partial charge in [0.05, 0.1) is 16.8 Å². The molecule has 0 unspecified atom stereocenters. The smallest absolute Gasteiger partial charge is 0.160 e. The van der Waals surface area contributed by atoms with Crippen LogP contribution in [0.1, 0.15) is 22.3 Å². The summed E-state index contributed by atoms with van der Waals surface area (Å²) < 4.78 is 0. The van der Waals surface area contributed by atoms with E-state index in [0.29, 0.717) is 5.82 Å². The average Bonchev–Trinajstić information content (AvgIpc) is 3.62. The number of benzene rings is 9. The van der Waals surface area contributed by atoms with E-state index in [2.05, 4.69) is 212 Å². The largest absolute Gasteiger partial charge is 0.228 e. The van der Waals surface area contributed by atoms with Crippen LogP contribution in [0.5, 0.6) is 0 Å². The molecule has 2 aliphatic rings. The Labute approximate surface area is 353 Å². The van der Waals surface area contributed by atoms with E-state index < -0.39 is 5.41 Å². The maximum Gasteiger partial charge on any atom is 0.160 e. The van der Waals surface area contributed by atoms with Gasteiger partial charge in [0.1, 0.15) is 0 Å². The van der Waals surface area contributed by atoms with Gasteiger partial charge in [0.25, 0.3) is 0 Å². The highest BCUT2D eigenvalue weighted by molar-refractivity contribution is 7.99.